The third-order valence-electron chi connectivity index (χ3n) is 3.33. The highest BCUT2D eigenvalue weighted by atomic mass is 19.3. The number of nitrogens with one attached hydrogen (secondary N) is 1. The van der Waals surface area contributed by atoms with Crippen molar-refractivity contribution >= 4 is 5.91 Å². The lowest BCUT2D eigenvalue weighted by Gasteiger charge is -2.12. The molecule has 4 heteroatoms. The number of hydrogen-bond donors (Lipinski definition) is 1. The molecule has 0 aromatic heterocycles. The van der Waals surface area contributed by atoms with Crippen LogP contribution in [0.2, 0.25) is 0 Å². The predicted molar refractivity (Wildman–Crippen MR) is 52.5 cm³/mol. The fourth-order valence-corrected chi connectivity index (χ4v) is 2.56. The van der Waals surface area contributed by atoms with Gasteiger partial charge in [0, 0.05) is 25.3 Å². The molecule has 1 amide bonds. The molecule has 2 rings (SSSR count). The Labute approximate surface area is 87.7 Å². The number of carbonyl (C=O) groups is 1. The number of rotatable bonds is 3. The first kappa shape index (κ1) is 10.6. The normalized spacial score (nSPS) is 36.6. The molecule has 2 nitrogen and oxygen atoms in total. The Kier molecular flexibility index (Phi) is 2.52. The highest BCUT2D eigenvalue weighted by molar-refractivity contribution is 5.82. The minimum absolute atomic E-state index is 0.0569. The largest absolute Gasteiger partial charge is 0.352 e. The van der Waals surface area contributed by atoms with Gasteiger partial charge in [-0.1, -0.05) is 12.2 Å². The van der Waals surface area contributed by atoms with E-state index in [2.05, 4.69) is 5.32 Å². The van der Waals surface area contributed by atoms with Crippen molar-refractivity contribution in [3.63, 3.8) is 0 Å². The molecule has 2 unspecified atom stereocenters. The van der Waals surface area contributed by atoms with Gasteiger partial charge >= 0.3 is 0 Å². The monoisotopic (exact) mass is 215 g/mol. The first-order valence-electron chi connectivity index (χ1n) is 5.32. The second-order valence-corrected chi connectivity index (χ2v) is 4.43. The van der Waals surface area contributed by atoms with Gasteiger partial charge in [-0.3, -0.25) is 4.79 Å². The fourth-order valence-electron chi connectivity index (χ4n) is 2.56. The van der Waals surface area contributed by atoms with Gasteiger partial charge in [0.15, 0.2) is 0 Å². The molecular formula is C11H15F2NO. The zero-order chi connectivity index (χ0) is 11.1. The van der Waals surface area contributed by atoms with Crippen molar-refractivity contribution in [3.8, 4) is 0 Å². The van der Waals surface area contributed by atoms with E-state index in [-0.39, 0.29) is 36.5 Å². The fraction of sp³-hybridized carbons (Fsp3) is 0.727. The topological polar surface area (TPSA) is 29.1 Å². The third kappa shape index (κ3) is 2.03. The molecule has 2 fully saturated rings. The number of alkyl halides is 2. The number of halogens is 2. The molecule has 1 N–H and O–H groups in total. The van der Waals surface area contributed by atoms with Crippen molar-refractivity contribution in [1.82, 2.24) is 5.32 Å². The van der Waals surface area contributed by atoms with Gasteiger partial charge in [0.1, 0.15) is 0 Å². The lowest BCUT2D eigenvalue weighted by Crippen LogP contribution is -2.28. The molecule has 0 aliphatic heterocycles. The summed E-state index contributed by atoms with van der Waals surface area (Å²) in [6.45, 7) is 2.38. The van der Waals surface area contributed by atoms with Crippen LogP contribution in [0.3, 0.4) is 0 Å². The average Bonchev–Trinajstić information content (AvgIpc) is 2.66. The lowest BCUT2D eigenvalue weighted by molar-refractivity contribution is -0.123. The summed E-state index contributed by atoms with van der Waals surface area (Å²) in [5.74, 6) is -2.85. The molecule has 15 heavy (non-hydrogen) atoms. The average molecular weight is 215 g/mol. The molecule has 0 saturated heterocycles. The van der Waals surface area contributed by atoms with Gasteiger partial charge in [-0.15, -0.1) is 0 Å². The molecular weight excluding hydrogens is 200 g/mol. The molecule has 0 heterocycles. The van der Waals surface area contributed by atoms with Crippen LogP contribution in [0.15, 0.2) is 12.2 Å². The molecule has 2 aliphatic carbocycles. The molecule has 0 aromatic carbocycles. The first-order chi connectivity index (χ1) is 7.05. The standard InChI is InChI=1S/C11H15F2NO/c1-2-3-4-14-10(15)9-7-5-11(12,13)6-8(7)9/h2-3,7-9H,4-6H2,1H3,(H,14,15)/b3-2+. The number of amides is 1. The Morgan fingerprint density at radius 1 is 1.47 bits per heavy atom. The molecule has 0 spiro atoms. The first-order valence-corrected chi connectivity index (χ1v) is 5.32. The molecule has 2 saturated carbocycles. The van der Waals surface area contributed by atoms with E-state index >= 15 is 0 Å². The molecule has 0 radical (unpaired) electrons. The molecule has 0 bridgehead atoms. The quantitative estimate of drug-likeness (QED) is 0.716. The summed E-state index contributed by atoms with van der Waals surface area (Å²) >= 11 is 0. The van der Waals surface area contributed by atoms with E-state index in [4.69, 9.17) is 0 Å². The van der Waals surface area contributed by atoms with E-state index in [0.717, 1.165) is 0 Å². The van der Waals surface area contributed by atoms with E-state index in [1.165, 1.54) is 0 Å². The van der Waals surface area contributed by atoms with Crippen molar-refractivity contribution in [2.75, 3.05) is 6.54 Å². The van der Waals surface area contributed by atoms with Crippen LogP contribution < -0.4 is 5.32 Å². The second kappa shape index (κ2) is 3.58. The van der Waals surface area contributed by atoms with Crippen LogP contribution in [0.5, 0.6) is 0 Å². The summed E-state index contributed by atoms with van der Waals surface area (Å²) in [4.78, 5) is 11.5. The Hall–Kier alpha value is -0.930. The van der Waals surface area contributed by atoms with Crippen LogP contribution in [-0.4, -0.2) is 18.4 Å². The van der Waals surface area contributed by atoms with Crippen LogP contribution in [0.25, 0.3) is 0 Å². The number of fused-ring (bicyclic) bond motifs is 1. The Morgan fingerprint density at radius 2 is 2.07 bits per heavy atom. The van der Waals surface area contributed by atoms with Gasteiger partial charge in [0.25, 0.3) is 0 Å². The minimum Gasteiger partial charge on any atom is -0.352 e. The molecule has 2 aliphatic rings. The summed E-state index contributed by atoms with van der Waals surface area (Å²) in [5, 5.41) is 2.73. The van der Waals surface area contributed by atoms with E-state index in [0.29, 0.717) is 6.54 Å². The molecule has 2 atom stereocenters. The van der Waals surface area contributed by atoms with Crippen LogP contribution in [0, 0.1) is 17.8 Å². The van der Waals surface area contributed by atoms with Crippen molar-refractivity contribution in [3.05, 3.63) is 12.2 Å². The van der Waals surface area contributed by atoms with Gasteiger partial charge in [-0.25, -0.2) is 8.78 Å². The number of hydrogen-bond acceptors (Lipinski definition) is 1. The highest BCUT2D eigenvalue weighted by Crippen LogP contribution is 2.62. The van der Waals surface area contributed by atoms with Crippen LogP contribution >= 0.6 is 0 Å². The number of carbonyl (C=O) groups excluding carboxylic acids is 1. The maximum Gasteiger partial charge on any atom is 0.248 e. The van der Waals surface area contributed by atoms with Crippen molar-refractivity contribution in [1.29, 1.82) is 0 Å². The van der Waals surface area contributed by atoms with Crippen molar-refractivity contribution in [2.45, 2.75) is 25.7 Å². The van der Waals surface area contributed by atoms with Crippen LogP contribution in [0.4, 0.5) is 8.78 Å². The summed E-state index contributed by atoms with van der Waals surface area (Å²) in [6.07, 6.45) is 3.49. The van der Waals surface area contributed by atoms with E-state index in [1.807, 2.05) is 19.1 Å². The van der Waals surface area contributed by atoms with Crippen molar-refractivity contribution in [2.24, 2.45) is 17.8 Å². The smallest absolute Gasteiger partial charge is 0.248 e. The SMILES string of the molecule is C/C=C/CNC(=O)C1C2CC(F)(F)CC21. The maximum atomic E-state index is 12.8. The maximum absolute atomic E-state index is 12.8. The van der Waals surface area contributed by atoms with Gasteiger partial charge < -0.3 is 5.32 Å². The van der Waals surface area contributed by atoms with Crippen LogP contribution in [0.1, 0.15) is 19.8 Å². The summed E-state index contributed by atoms with van der Waals surface area (Å²) in [7, 11) is 0. The van der Waals surface area contributed by atoms with Gasteiger partial charge in [-0.05, 0) is 18.8 Å². The van der Waals surface area contributed by atoms with E-state index in [9.17, 15) is 13.6 Å². The Morgan fingerprint density at radius 3 is 2.60 bits per heavy atom. The minimum atomic E-state index is -2.52. The van der Waals surface area contributed by atoms with E-state index < -0.39 is 5.92 Å². The summed E-state index contributed by atoms with van der Waals surface area (Å²) < 4.78 is 25.7. The van der Waals surface area contributed by atoms with Gasteiger partial charge in [0.05, 0.1) is 0 Å². The van der Waals surface area contributed by atoms with Gasteiger partial charge in [-0.2, -0.15) is 0 Å². The van der Waals surface area contributed by atoms with Crippen molar-refractivity contribution < 1.29 is 13.6 Å². The zero-order valence-electron chi connectivity index (χ0n) is 8.67. The predicted octanol–water partition coefficient (Wildman–Crippen LogP) is 1.97. The van der Waals surface area contributed by atoms with Gasteiger partial charge in [0.2, 0.25) is 11.8 Å². The van der Waals surface area contributed by atoms with E-state index in [1.54, 1.807) is 0 Å². The third-order valence-corrected chi connectivity index (χ3v) is 3.33. The zero-order valence-corrected chi connectivity index (χ0v) is 8.67. The van der Waals surface area contributed by atoms with Crippen LogP contribution in [-0.2, 0) is 4.79 Å². The summed E-state index contributed by atoms with van der Waals surface area (Å²) in [6, 6.07) is 0. The lowest BCUT2D eigenvalue weighted by atomic mass is 10.1. The molecule has 0 aromatic rings. The summed E-state index contributed by atoms with van der Waals surface area (Å²) in [5.41, 5.74) is 0. The molecule has 84 valence electrons. The Balaban J connectivity index is 1.78. The second-order valence-electron chi connectivity index (χ2n) is 4.43. The highest BCUT2D eigenvalue weighted by Gasteiger charge is 2.65. The number of allylic oxidation sites excluding steroid dienone is 1. The Bertz CT molecular complexity index is 287.